The Morgan fingerprint density at radius 3 is 2.44 bits per heavy atom. The fourth-order valence-electron chi connectivity index (χ4n) is 2.26. The van der Waals surface area contributed by atoms with Gasteiger partial charge in [-0.25, -0.2) is 12.7 Å². The fraction of sp³-hybridized carbons (Fsp3) is 0.538. The van der Waals surface area contributed by atoms with Gasteiger partial charge < -0.3 is 5.11 Å². The van der Waals surface area contributed by atoms with Crippen molar-refractivity contribution in [3.05, 3.63) is 35.4 Å². The van der Waals surface area contributed by atoms with Gasteiger partial charge in [-0.05, 0) is 24.0 Å². The fourth-order valence-corrected chi connectivity index (χ4v) is 3.86. The molecule has 1 fully saturated rings. The summed E-state index contributed by atoms with van der Waals surface area (Å²) in [4.78, 5) is 0. The summed E-state index contributed by atoms with van der Waals surface area (Å²) in [6, 6.07) is 7.12. The number of aliphatic hydroxyl groups is 1. The molecule has 4 nitrogen and oxygen atoms in total. The Bertz CT molecular complexity index is 493. The highest BCUT2D eigenvalue weighted by Gasteiger charge is 2.23. The van der Waals surface area contributed by atoms with Crippen molar-refractivity contribution < 1.29 is 13.5 Å². The second-order valence-electron chi connectivity index (χ2n) is 4.69. The van der Waals surface area contributed by atoms with Crippen LogP contribution in [0.15, 0.2) is 24.3 Å². The summed E-state index contributed by atoms with van der Waals surface area (Å²) in [6.07, 6.45) is 3.03. The van der Waals surface area contributed by atoms with Gasteiger partial charge in [0.1, 0.15) is 0 Å². The van der Waals surface area contributed by atoms with Crippen LogP contribution in [-0.4, -0.2) is 30.9 Å². The molecule has 5 heteroatoms. The van der Waals surface area contributed by atoms with Gasteiger partial charge in [0, 0.05) is 13.1 Å². The maximum Gasteiger partial charge on any atom is 0.218 e. The van der Waals surface area contributed by atoms with Crippen molar-refractivity contribution in [1.82, 2.24) is 4.31 Å². The lowest BCUT2D eigenvalue weighted by Crippen LogP contribution is -2.36. The van der Waals surface area contributed by atoms with Crippen LogP contribution < -0.4 is 0 Å². The first-order chi connectivity index (χ1) is 8.62. The second-order valence-corrected chi connectivity index (χ2v) is 6.66. The molecule has 0 aromatic heterocycles. The molecule has 0 bridgehead atoms. The Morgan fingerprint density at radius 2 is 1.78 bits per heavy atom. The molecule has 1 aliphatic heterocycles. The lowest BCUT2D eigenvalue weighted by molar-refractivity contribution is 0.281. The monoisotopic (exact) mass is 269 g/mol. The van der Waals surface area contributed by atoms with E-state index >= 15 is 0 Å². The zero-order valence-electron chi connectivity index (χ0n) is 10.4. The van der Waals surface area contributed by atoms with Crippen LogP contribution in [0.2, 0.25) is 0 Å². The van der Waals surface area contributed by atoms with Crippen molar-refractivity contribution in [1.29, 1.82) is 0 Å². The molecular weight excluding hydrogens is 250 g/mol. The van der Waals surface area contributed by atoms with E-state index in [-0.39, 0.29) is 12.4 Å². The van der Waals surface area contributed by atoms with E-state index in [1.807, 2.05) is 0 Å². The van der Waals surface area contributed by atoms with Crippen LogP contribution >= 0.6 is 0 Å². The smallest absolute Gasteiger partial charge is 0.218 e. The number of rotatable bonds is 4. The van der Waals surface area contributed by atoms with Gasteiger partial charge in [0.25, 0.3) is 0 Å². The third kappa shape index (κ3) is 3.31. The highest BCUT2D eigenvalue weighted by molar-refractivity contribution is 7.88. The van der Waals surface area contributed by atoms with E-state index in [4.69, 9.17) is 5.11 Å². The largest absolute Gasteiger partial charge is 0.392 e. The predicted octanol–water partition coefficient (Wildman–Crippen LogP) is 1.49. The first-order valence-electron chi connectivity index (χ1n) is 6.28. The normalized spacial score (nSPS) is 17.8. The third-order valence-corrected chi connectivity index (χ3v) is 5.08. The lowest BCUT2D eigenvalue weighted by atomic mass is 10.1. The van der Waals surface area contributed by atoms with Gasteiger partial charge in [-0.2, -0.15) is 0 Å². The van der Waals surface area contributed by atoms with Gasteiger partial charge in [-0.3, -0.25) is 0 Å². The minimum atomic E-state index is -3.21. The lowest BCUT2D eigenvalue weighted by Gasteiger charge is -2.25. The maximum atomic E-state index is 12.2. The standard InChI is InChI=1S/C13H19NO3S/c15-10-12-5-4-6-13(9-12)11-18(16,17)14-7-2-1-3-8-14/h4-6,9,15H,1-3,7-8,10-11H2. The molecule has 1 aromatic rings. The van der Waals surface area contributed by atoms with Gasteiger partial charge in [0.05, 0.1) is 12.4 Å². The molecule has 1 N–H and O–H groups in total. The van der Waals surface area contributed by atoms with Gasteiger partial charge >= 0.3 is 0 Å². The Hall–Kier alpha value is -0.910. The van der Waals surface area contributed by atoms with Crippen molar-refractivity contribution in [3.63, 3.8) is 0 Å². The summed E-state index contributed by atoms with van der Waals surface area (Å²) in [5, 5.41) is 9.05. The second kappa shape index (κ2) is 5.82. The highest BCUT2D eigenvalue weighted by Crippen LogP contribution is 2.17. The van der Waals surface area contributed by atoms with Crippen LogP contribution in [0.25, 0.3) is 0 Å². The Kier molecular flexibility index (Phi) is 4.37. The van der Waals surface area contributed by atoms with Crippen LogP contribution in [0.5, 0.6) is 0 Å². The topological polar surface area (TPSA) is 57.6 Å². The third-order valence-electron chi connectivity index (χ3n) is 3.23. The SMILES string of the molecule is O=S(=O)(Cc1cccc(CO)c1)N1CCCCC1. The van der Waals surface area contributed by atoms with Crippen molar-refractivity contribution in [3.8, 4) is 0 Å². The zero-order valence-corrected chi connectivity index (χ0v) is 11.2. The Morgan fingerprint density at radius 1 is 1.11 bits per heavy atom. The number of piperidine rings is 1. The molecule has 0 aliphatic carbocycles. The number of hydrogen-bond donors (Lipinski definition) is 1. The Labute approximate surface area is 108 Å². The van der Waals surface area contributed by atoms with Crippen LogP contribution in [0.1, 0.15) is 30.4 Å². The van der Waals surface area contributed by atoms with E-state index in [1.54, 1.807) is 28.6 Å². The predicted molar refractivity (Wildman–Crippen MR) is 70.4 cm³/mol. The molecular formula is C13H19NO3S. The summed E-state index contributed by atoms with van der Waals surface area (Å²) in [5.74, 6) is 0.0286. The number of sulfonamides is 1. The van der Waals surface area contributed by atoms with Crippen molar-refractivity contribution in [2.45, 2.75) is 31.6 Å². The summed E-state index contributed by atoms with van der Waals surface area (Å²) in [7, 11) is -3.21. The first-order valence-corrected chi connectivity index (χ1v) is 7.89. The van der Waals surface area contributed by atoms with E-state index < -0.39 is 10.0 Å². The van der Waals surface area contributed by atoms with Crippen molar-refractivity contribution >= 4 is 10.0 Å². The molecule has 0 atom stereocenters. The van der Waals surface area contributed by atoms with Gasteiger partial charge in [-0.15, -0.1) is 0 Å². The van der Waals surface area contributed by atoms with Gasteiger partial charge in [-0.1, -0.05) is 30.7 Å². The highest BCUT2D eigenvalue weighted by atomic mass is 32.2. The molecule has 18 heavy (non-hydrogen) atoms. The van der Waals surface area contributed by atoms with Crippen molar-refractivity contribution in [2.24, 2.45) is 0 Å². The number of nitrogens with zero attached hydrogens (tertiary/aromatic N) is 1. The Balaban J connectivity index is 2.11. The minimum Gasteiger partial charge on any atom is -0.392 e. The van der Waals surface area contributed by atoms with Crippen LogP contribution in [-0.2, 0) is 22.4 Å². The summed E-state index contributed by atoms with van der Waals surface area (Å²) in [6.45, 7) is 1.22. The molecule has 2 rings (SSSR count). The number of benzene rings is 1. The molecule has 0 saturated carbocycles. The first kappa shape index (κ1) is 13.5. The van der Waals surface area contributed by atoms with E-state index in [0.29, 0.717) is 13.1 Å². The maximum absolute atomic E-state index is 12.2. The van der Waals surface area contributed by atoms with Gasteiger partial charge in [0.2, 0.25) is 10.0 Å². The zero-order chi connectivity index (χ0) is 13.0. The van der Waals surface area contributed by atoms with E-state index in [2.05, 4.69) is 0 Å². The molecule has 1 aliphatic rings. The number of aliphatic hydroxyl groups excluding tert-OH is 1. The quantitative estimate of drug-likeness (QED) is 0.901. The van der Waals surface area contributed by atoms with E-state index in [0.717, 1.165) is 30.4 Å². The van der Waals surface area contributed by atoms with Crippen molar-refractivity contribution in [2.75, 3.05) is 13.1 Å². The average Bonchev–Trinajstić information content (AvgIpc) is 2.39. The molecule has 0 amide bonds. The summed E-state index contributed by atoms with van der Waals surface area (Å²) < 4.78 is 26.0. The average molecular weight is 269 g/mol. The summed E-state index contributed by atoms with van der Waals surface area (Å²) >= 11 is 0. The van der Waals surface area contributed by atoms with Crippen LogP contribution in [0.3, 0.4) is 0 Å². The van der Waals surface area contributed by atoms with Crippen LogP contribution in [0, 0.1) is 0 Å². The number of hydrogen-bond acceptors (Lipinski definition) is 3. The van der Waals surface area contributed by atoms with E-state index in [1.165, 1.54) is 0 Å². The molecule has 1 aromatic carbocycles. The minimum absolute atomic E-state index is 0.0286. The molecule has 0 spiro atoms. The van der Waals surface area contributed by atoms with Crippen LogP contribution in [0.4, 0.5) is 0 Å². The summed E-state index contributed by atoms with van der Waals surface area (Å²) in [5.41, 5.74) is 1.49. The van der Waals surface area contributed by atoms with Gasteiger partial charge in [0.15, 0.2) is 0 Å². The molecule has 0 radical (unpaired) electrons. The molecule has 1 heterocycles. The molecule has 100 valence electrons. The molecule has 0 unspecified atom stereocenters. The van der Waals surface area contributed by atoms with E-state index in [9.17, 15) is 8.42 Å². The molecule has 1 saturated heterocycles.